The van der Waals surface area contributed by atoms with Crippen molar-refractivity contribution in [3.8, 4) is 11.5 Å². The van der Waals surface area contributed by atoms with Crippen LogP contribution < -0.4 is 9.47 Å². The Hall–Kier alpha value is -4.44. The molecule has 0 spiro atoms. The van der Waals surface area contributed by atoms with E-state index in [1.165, 1.54) is 12.1 Å². The number of imidazole rings is 1. The number of nitrogens with zero attached hydrogens (tertiary/aromatic N) is 4. The Balaban J connectivity index is 1.04. The zero-order valence-electron chi connectivity index (χ0n) is 29.1. The number of hydrogen-bond donors (Lipinski definition) is 0. The third kappa shape index (κ3) is 7.68. The molecule has 2 saturated heterocycles. The molecule has 0 bridgehead atoms. The first-order valence-corrected chi connectivity index (χ1v) is 18.5. The molecule has 1 unspecified atom stereocenters. The van der Waals surface area contributed by atoms with Gasteiger partial charge in [-0.15, -0.1) is 0 Å². The van der Waals surface area contributed by atoms with Crippen LogP contribution in [0.3, 0.4) is 0 Å². The van der Waals surface area contributed by atoms with Crippen molar-refractivity contribution in [1.82, 2.24) is 19.4 Å². The van der Waals surface area contributed by atoms with Crippen molar-refractivity contribution in [3.63, 3.8) is 0 Å². The number of benzene rings is 3. The zero-order chi connectivity index (χ0) is 36.2. The molecular formula is C41H41Cl2FN4O4. The highest BCUT2D eigenvalue weighted by Crippen LogP contribution is 2.43. The zero-order valence-corrected chi connectivity index (χ0v) is 30.6. The average molecular weight is 744 g/mol. The van der Waals surface area contributed by atoms with Gasteiger partial charge in [-0.05, 0) is 112 Å². The van der Waals surface area contributed by atoms with Crippen LogP contribution in [0.1, 0.15) is 70.4 Å². The predicted octanol–water partition coefficient (Wildman–Crippen LogP) is 8.46. The first kappa shape index (κ1) is 35.9. The molecule has 0 N–H and O–H groups in total. The van der Waals surface area contributed by atoms with E-state index >= 15 is 0 Å². The van der Waals surface area contributed by atoms with Crippen LogP contribution in [0.25, 0.3) is 6.08 Å². The number of allylic oxidation sites excluding steroid dienone is 3. The number of halogens is 3. The van der Waals surface area contributed by atoms with Crippen molar-refractivity contribution in [1.29, 1.82) is 0 Å². The summed E-state index contributed by atoms with van der Waals surface area (Å²) in [4.78, 5) is 36.6. The van der Waals surface area contributed by atoms with E-state index in [2.05, 4.69) is 22.0 Å². The first-order chi connectivity index (χ1) is 25.2. The van der Waals surface area contributed by atoms with Gasteiger partial charge in [-0.2, -0.15) is 0 Å². The lowest BCUT2D eigenvalue weighted by Crippen LogP contribution is -2.41. The fraction of sp³-hybridized carbons (Fsp3) is 0.341. The van der Waals surface area contributed by atoms with E-state index in [0.717, 1.165) is 73.6 Å². The maximum absolute atomic E-state index is 14.0. The molecule has 8 nitrogen and oxygen atoms in total. The molecule has 4 heterocycles. The predicted molar refractivity (Wildman–Crippen MR) is 201 cm³/mol. The summed E-state index contributed by atoms with van der Waals surface area (Å²) in [6.45, 7) is 6.08. The van der Waals surface area contributed by atoms with Crippen LogP contribution in [-0.2, 0) is 12.0 Å². The largest absolute Gasteiger partial charge is 0.454 e. The molecule has 3 aliphatic rings. The van der Waals surface area contributed by atoms with Gasteiger partial charge in [-0.1, -0.05) is 59.6 Å². The molecule has 0 saturated carbocycles. The van der Waals surface area contributed by atoms with Gasteiger partial charge < -0.3 is 23.8 Å². The molecule has 3 aromatic carbocycles. The highest BCUT2D eigenvalue weighted by Gasteiger charge is 2.43. The number of Topliss-reactive ketones (excluding diaryl/α,β-unsaturated/α-hetero) is 1. The number of aromatic nitrogens is 2. The number of ether oxygens (including phenoxy) is 2. The number of carbonyl (C=O) groups is 2. The number of amides is 1. The second kappa shape index (κ2) is 15.7. The number of carbonyl (C=O) groups excluding carboxylic acids is 2. The Morgan fingerprint density at radius 3 is 2.54 bits per heavy atom. The van der Waals surface area contributed by atoms with Crippen molar-refractivity contribution in [2.24, 2.45) is 5.92 Å². The number of likely N-dealkylation sites (tertiary alicyclic amines) is 2. The van der Waals surface area contributed by atoms with Gasteiger partial charge in [0.1, 0.15) is 5.82 Å². The number of rotatable bonds is 11. The summed E-state index contributed by atoms with van der Waals surface area (Å²) >= 11 is 12.6. The Kier molecular flexibility index (Phi) is 10.8. The SMILES string of the molecule is C/C=C/C=C/c1cnc(C(=O)C2CCN(CCC3(c4ccc5c(c4)OCO5)CCN(C(=O)c4ccc(Cl)cc4Cl)C3)CC2)n1Cc1ccc(F)cc1. The smallest absolute Gasteiger partial charge is 0.255 e. The Morgan fingerprint density at radius 1 is 0.981 bits per heavy atom. The highest BCUT2D eigenvalue weighted by atomic mass is 35.5. The number of hydrogen-bond acceptors (Lipinski definition) is 6. The molecule has 11 heteroatoms. The van der Waals surface area contributed by atoms with E-state index in [9.17, 15) is 14.0 Å². The molecule has 0 aliphatic carbocycles. The molecule has 3 aliphatic heterocycles. The van der Waals surface area contributed by atoms with Gasteiger partial charge in [0.05, 0.1) is 22.5 Å². The number of fused-ring (bicyclic) bond motifs is 1. The van der Waals surface area contributed by atoms with Gasteiger partial charge in [-0.25, -0.2) is 9.37 Å². The van der Waals surface area contributed by atoms with Crippen LogP contribution >= 0.6 is 23.2 Å². The summed E-state index contributed by atoms with van der Waals surface area (Å²) in [6, 6.07) is 17.5. The topological polar surface area (TPSA) is 76.9 Å². The molecule has 4 aromatic rings. The summed E-state index contributed by atoms with van der Waals surface area (Å²) < 4.78 is 26.9. The Bertz CT molecular complexity index is 2000. The standard InChI is InChI=1S/C41H41Cl2FN4O4/c1-2-3-4-5-33-24-45-39(48(33)25-28-6-10-32(44)11-7-28)38(49)29-14-18-46(19-15-29)20-16-41(30-8-13-36-37(22-30)52-27-51-36)17-21-47(26-41)40(50)34-12-9-31(42)23-35(34)43/h2-13,22-24,29H,14-21,25-27H2,1H3/b3-2+,5-4+. The van der Waals surface area contributed by atoms with Crippen LogP contribution in [0, 0.1) is 11.7 Å². The molecule has 1 aromatic heterocycles. The van der Waals surface area contributed by atoms with E-state index in [1.807, 2.05) is 46.8 Å². The highest BCUT2D eigenvalue weighted by molar-refractivity contribution is 6.36. The molecule has 0 radical (unpaired) electrons. The van der Waals surface area contributed by atoms with E-state index in [-0.39, 0.29) is 35.6 Å². The minimum Gasteiger partial charge on any atom is -0.454 e. The summed E-state index contributed by atoms with van der Waals surface area (Å²) in [7, 11) is 0. The summed E-state index contributed by atoms with van der Waals surface area (Å²) in [5.74, 6) is 1.36. The Labute approximate surface area is 313 Å². The van der Waals surface area contributed by atoms with Crippen LogP contribution in [0.15, 0.2) is 85.1 Å². The fourth-order valence-corrected chi connectivity index (χ4v) is 8.07. The van der Waals surface area contributed by atoms with E-state index in [4.69, 9.17) is 32.7 Å². The second-order valence-corrected chi connectivity index (χ2v) is 14.6. The molecule has 270 valence electrons. The third-order valence-electron chi connectivity index (χ3n) is 10.6. The van der Waals surface area contributed by atoms with Crippen molar-refractivity contribution in [3.05, 3.63) is 129 Å². The number of ketones is 1. The minimum atomic E-state index is -0.301. The normalized spacial score (nSPS) is 19.3. The molecule has 1 atom stereocenters. The van der Waals surface area contributed by atoms with Crippen LogP contribution in [0.2, 0.25) is 10.0 Å². The van der Waals surface area contributed by atoms with E-state index < -0.39 is 0 Å². The van der Waals surface area contributed by atoms with E-state index in [1.54, 1.807) is 36.5 Å². The Morgan fingerprint density at radius 2 is 1.77 bits per heavy atom. The lowest BCUT2D eigenvalue weighted by molar-refractivity contribution is 0.0778. The lowest BCUT2D eigenvalue weighted by atomic mass is 9.76. The third-order valence-corrected chi connectivity index (χ3v) is 11.1. The molecule has 1 amide bonds. The second-order valence-electron chi connectivity index (χ2n) is 13.8. The summed E-state index contributed by atoms with van der Waals surface area (Å²) in [5, 5.41) is 0.829. The maximum Gasteiger partial charge on any atom is 0.255 e. The molecular weight excluding hydrogens is 702 g/mol. The average Bonchev–Trinajstić information content (AvgIpc) is 3.91. The fourth-order valence-electron chi connectivity index (χ4n) is 7.59. The van der Waals surface area contributed by atoms with Crippen molar-refractivity contribution in [2.75, 3.05) is 39.5 Å². The van der Waals surface area contributed by atoms with Gasteiger partial charge in [0.25, 0.3) is 5.91 Å². The van der Waals surface area contributed by atoms with Crippen molar-refractivity contribution < 1.29 is 23.5 Å². The van der Waals surface area contributed by atoms with Gasteiger partial charge in [0.2, 0.25) is 12.6 Å². The van der Waals surface area contributed by atoms with Gasteiger partial charge in [0, 0.05) is 36.0 Å². The van der Waals surface area contributed by atoms with Crippen LogP contribution in [0.4, 0.5) is 4.39 Å². The summed E-state index contributed by atoms with van der Waals surface area (Å²) in [6.07, 6.45) is 12.5. The quantitative estimate of drug-likeness (QED) is 0.113. The van der Waals surface area contributed by atoms with Crippen molar-refractivity contribution >= 4 is 41.0 Å². The minimum absolute atomic E-state index is 0.0371. The first-order valence-electron chi connectivity index (χ1n) is 17.7. The van der Waals surface area contributed by atoms with E-state index in [0.29, 0.717) is 41.1 Å². The lowest BCUT2D eigenvalue weighted by Gasteiger charge is -2.36. The van der Waals surface area contributed by atoms with Crippen LogP contribution in [0.5, 0.6) is 11.5 Å². The van der Waals surface area contributed by atoms with Gasteiger partial charge in [0.15, 0.2) is 17.3 Å². The van der Waals surface area contributed by atoms with Gasteiger partial charge in [-0.3, -0.25) is 9.59 Å². The van der Waals surface area contributed by atoms with Gasteiger partial charge >= 0.3 is 0 Å². The maximum atomic E-state index is 14.0. The molecule has 2 fully saturated rings. The molecule has 52 heavy (non-hydrogen) atoms. The van der Waals surface area contributed by atoms with Crippen molar-refractivity contribution in [2.45, 2.75) is 44.6 Å². The molecule has 7 rings (SSSR count). The number of piperidine rings is 1. The van der Waals surface area contributed by atoms with Crippen LogP contribution in [-0.4, -0.2) is 70.6 Å². The monoisotopic (exact) mass is 742 g/mol. The summed E-state index contributed by atoms with van der Waals surface area (Å²) in [5.41, 5.74) is 2.97.